The fraction of sp³-hybridized carbons (Fsp3) is 0.339. The van der Waals surface area contributed by atoms with Gasteiger partial charge in [-0.1, -0.05) is 105 Å². The number of carbonyl (C=O) groups excluding carboxylic acids is 1. The van der Waals surface area contributed by atoms with Crippen molar-refractivity contribution >= 4 is 6.29 Å². The summed E-state index contributed by atoms with van der Waals surface area (Å²) in [6.07, 6.45) is 1.98. The third kappa shape index (κ3) is 16.5. The second kappa shape index (κ2) is 27.0. The Morgan fingerprint density at radius 3 is 1.32 bits per heavy atom. The number of hydrogen-bond donors (Lipinski definition) is 1. The molecule has 2 aliphatic heterocycles. The molecule has 0 spiro atoms. The van der Waals surface area contributed by atoms with Gasteiger partial charge in [0.2, 0.25) is 0 Å². The molecule has 0 unspecified atom stereocenters. The number of ether oxygens (including phenoxy) is 8. The van der Waals surface area contributed by atoms with Crippen LogP contribution in [0.1, 0.15) is 81.1 Å². The standard InChI is InChI=1S/C27H29FO5.C27H27FO5.C2H6.Mn.2O/c2*1-26(2)31-18-27(19-32-26,22-6-4-3-5-7-22)33-25-16-21(17-29)10-13-24(25)30-15-14-20-8-11-23(28)12-9-20;1-2;;;/h3-13,16,29H,14-15,17-19H2,1-2H3;3-13,16-17H,14-15,18-19H2,1-2H3;1-2H3;;;/i;;1D;;;. The van der Waals surface area contributed by atoms with E-state index >= 15 is 0 Å². The fourth-order valence-corrected chi connectivity index (χ4v) is 7.31. The summed E-state index contributed by atoms with van der Waals surface area (Å²) >= 11 is -1.44. The molecule has 71 heavy (non-hydrogen) atoms. The molecule has 1 N–H and O–H groups in total. The number of aliphatic hydroxyl groups is 1. The van der Waals surface area contributed by atoms with Crippen molar-refractivity contribution in [1.29, 1.82) is 0 Å². The van der Waals surface area contributed by atoms with E-state index in [0.29, 0.717) is 80.3 Å². The molecule has 0 aromatic heterocycles. The van der Waals surface area contributed by atoms with Gasteiger partial charge in [0, 0.05) is 30.9 Å². The predicted octanol–water partition coefficient (Wildman–Crippen LogP) is 11.1. The molecule has 8 rings (SSSR count). The molecule has 6 aromatic rings. The number of carbonyl (C=O) groups is 1. The zero-order valence-corrected chi connectivity index (χ0v) is 41.8. The molecule has 0 saturated carbocycles. The van der Waals surface area contributed by atoms with E-state index in [-0.39, 0.29) is 31.5 Å². The van der Waals surface area contributed by atoms with Crippen LogP contribution in [0.3, 0.4) is 0 Å². The van der Waals surface area contributed by atoms with Gasteiger partial charge in [-0.15, -0.1) is 0 Å². The van der Waals surface area contributed by atoms with Crippen molar-refractivity contribution in [2.45, 2.75) is 83.7 Å². The number of benzene rings is 6. The minimum atomic E-state index is -1.44. The van der Waals surface area contributed by atoms with Gasteiger partial charge in [-0.25, -0.2) is 8.78 Å². The van der Waals surface area contributed by atoms with Crippen LogP contribution in [-0.2, 0) is 72.1 Å². The Labute approximate surface area is 422 Å². The first-order valence-electron chi connectivity index (χ1n) is 23.6. The molecule has 379 valence electrons. The first kappa shape index (κ1) is 54.3. The number of halogens is 2. The van der Waals surface area contributed by atoms with Gasteiger partial charge < -0.3 is 43.0 Å². The van der Waals surface area contributed by atoms with E-state index in [9.17, 15) is 18.7 Å². The van der Waals surface area contributed by atoms with Crippen LogP contribution >= 0.6 is 0 Å². The molecule has 0 amide bonds. The molecule has 2 heterocycles. The molecule has 12 nitrogen and oxygen atoms in total. The van der Waals surface area contributed by atoms with Gasteiger partial charge in [0.05, 0.1) is 46.2 Å². The molecule has 15 heteroatoms. The Kier molecular flexibility index (Phi) is 20.6. The summed E-state index contributed by atoms with van der Waals surface area (Å²) in [4.78, 5) is 11.4. The Balaban J connectivity index is 0.000000241. The second-order valence-corrected chi connectivity index (χ2v) is 17.4. The van der Waals surface area contributed by atoms with Gasteiger partial charge >= 0.3 is 22.5 Å². The molecule has 0 bridgehead atoms. The molecular formula is C56H62F2MnO12. The average Bonchev–Trinajstić information content (AvgIpc) is 3.38. The van der Waals surface area contributed by atoms with Crippen LogP contribution in [0, 0.1) is 11.6 Å². The van der Waals surface area contributed by atoms with Gasteiger partial charge in [0.1, 0.15) is 17.9 Å². The minimum absolute atomic E-state index is 0.120. The molecular weight excluding hydrogens is 958 g/mol. The van der Waals surface area contributed by atoms with E-state index in [4.69, 9.17) is 46.9 Å². The van der Waals surface area contributed by atoms with Crippen LogP contribution < -0.4 is 18.9 Å². The van der Waals surface area contributed by atoms with Gasteiger partial charge in [0.15, 0.2) is 45.8 Å². The molecule has 6 aromatic carbocycles. The topological polar surface area (TPSA) is 145 Å². The Hall–Kier alpha value is -6.03. The van der Waals surface area contributed by atoms with Crippen LogP contribution in [0.4, 0.5) is 8.78 Å². The van der Waals surface area contributed by atoms with Gasteiger partial charge in [-0.3, -0.25) is 4.79 Å². The quantitative estimate of drug-likeness (QED) is 0.0727. The zero-order valence-electron chi connectivity index (χ0n) is 41.6. The van der Waals surface area contributed by atoms with Crippen molar-refractivity contribution in [2.75, 3.05) is 39.6 Å². The summed E-state index contributed by atoms with van der Waals surface area (Å²) in [5.74, 6) is 0.0136. The SMILES string of the molecule is CC1(C)OCC(Oc2cc(C=O)ccc2OCCc2ccc(F)cc2)(c2ccccc2)CO1.CC1(C)OCC(Oc2cc(CO)ccc2OCCc2ccc(F)cc2)(c2ccccc2)CO1.[2H]CC.[O]=[Mn]=[O]. The predicted molar refractivity (Wildman–Crippen MR) is 258 cm³/mol. The molecule has 2 saturated heterocycles. The third-order valence-electron chi connectivity index (χ3n) is 11.2. The van der Waals surface area contributed by atoms with Crippen LogP contribution in [0.15, 0.2) is 146 Å². The van der Waals surface area contributed by atoms with E-state index in [1.165, 1.54) is 24.3 Å². The van der Waals surface area contributed by atoms with Crippen molar-refractivity contribution in [3.05, 3.63) is 191 Å². The molecule has 0 atom stereocenters. The molecule has 2 fully saturated rings. The van der Waals surface area contributed by atoms with E-state index in [2.05, 4.69) is 0 Å². The maximum atomic E-state index is 13.2. The number of aliphatic hydroxyl groups excluding tert-OH is 1. The summed E-state index contributed by atoms with van der Waals surface area (Å²) in [7, 11) is 0. The van der Waals surface area contributed by atoms with E-state index in [0.717, 1.165) is 28.5 Å². The Morgan fingerprint density at radius 1 is 0.577 bits per heavy atom. The van der Waals surface area contributed by atoms with Crippen molar-refractivity contribution in [3.63, 3.8) is 0 Å². The van der Waals surface area contributed by atoms with Gasteiger partial charge in [-0.05, 0) is 99.0 Å². The summed E-state index contributed by atoms with van der Waals surface area (Å²) in [5.41, 5.74) is 3.15. The van der Waals surface area contributed by atoms with Crippen LogP contribution in [0.5, 0.6) is 23.0 Å². The van der Waals surface area contributed by atoms with Gasteiger partial charge in [-0.2, -0.15) is 0 Å². The van der Waals surface area contributed by atoms with Crippen molar-refractivity contribution < 1.29 is 80.4 Å². The first-order chi connectivity index (χ1) is 34.6. The van der Waals surface area contributed by atoms with E-state index < -0.39 is 37.6 Å². The number of aldehydes is 1. The summed E-state index contributed by atoms with van der Waals surface area (Å²) in [6.45, 7) is 11.5. The Bertz CT molecular complexity index is 2590. The summed E-state index contributed by atoms with van der Waals surface area (Å²) in [6, 6.07) is 42.6. The van der Waals surface area contributed by atoms with Gasteiger partial charge in [0.25, 0.3) is 0 Å². The fourth-order valence-electron chi connectivity index (χ4n) is 7.31. The monoisotopic (exact) mass is 1020 g/mol. The second-order valence-electron chi connectivity index (χ2n) is 17.2. The van der Waals surface area contributed by atoms with Crippen molar-refractivity contribution in [1.82, 2.24) is 0 Å². The molecule has 0 radical (unpaired) electrons. The maximum absolute atomic E-state index is 13.2. The van der Waals surface area contributed by atoms with Crippen LogP contribution in [-0.4, -0.2) is 62.6 Å². The average molecular weight is 1020 g/mol. The summed E-state index contributed by atoms with van der Waals surface area (Å²) < 4.78 is 98.4. The van der Waals surface area contributed by atoms with E-state index in [1.54, 1.807) is 67.6 Å². The number of rotatable bonds is 16. The molecule has 2 aliphatic rings. The zero-order chi connectivity index (χ0) is 52.0. The van der Waals surface area contributed by atoms with Crippen LogP contribution in [0.2, 0.25) is 0 Å². The third-order valence-corrected chi connectivity index (χ3v) is 11.2. The van der Waals surface area contributed by atoms with Crippen molar-refractivity contribution in [2.24, 2.45) is 0 Å². The first-order valence-corrected chi connectivity index (χ1v) is 23.9. The Morgan fingerprint density at radius 2 is 0.944 bits per heavy atom. The number of hydrogen-bond acceptors (Lipinski definition) is 12. The van der Waals surface area contributed by atoms with Crippen LogP contribution in [0.25, 0.3) is 0 Å². The summed E-state index contributed by atoms with van der Waals surface area (Å²) in [5, 5.41) is 9.68. The van der Waals surface area contributed by atoms with E-state index in [1.807, 2.05) is 88.4 Å². The van der Waals surface area contributed by atoms with Crippen molar-refractivity contribution in [3.8, 4) is 23.0 Å². The normalized spacial score (nSPS) is 16.0. The molecule has 0 aliphatic carbocycles.